The Morgan fingerprint density at radius 2 is 1.05 bits per heavy atom. The first-order chi connectivity index (χ1) is 28.1. The summed E-state index contributed by atoms with van der Waals surface area (Å²) in [7, 11) is 0. The summed E-state index contributed by atoms with van der Waals surface area (Å²) in [6.45, 7) is 4.80. The van der Waals surface area contributed by atoms with Gasteiger partial charge in [0.2, 0.25) is 0 Å². The van der Waals surface area contributed by atoms with Crippen LogP contribution in [0.3, 0.4) is 0 Å². The minimum atomic E-state index is -0.241. The molecule has 57 heavy (non-hydrogen) atoms. The fourth-order valence-corrected chi connectivity index (χ4v) is 9.77. The fourth-order valence-electron chi connectivity index (χ4n) is 9.77. The van der Waals surface area contributed by atoms with Gasteiger partial charge in [-0.1, -0.05) is 111 Å². The molecule has 0 fully saturated rings. The quantitative estimate of drug-likeness (QED) is 0.170. The zero-order chi connectivity index (χ0) is 37.8. The number of nitrogens with zero attached hydrogens (tertiary/aromatic N) is 3. The summed E-state index contributed by atoms with van der Waals surface area (Å²) < 4.78 is 9.49. The number of para-hydroxylation sites is 5. The van der Waals surface area contributed by atoms with Gasteiger partial charge in [-0.15, -0.1) is 0 Å². The molecule has 0 radical (unpaired) electrons. The Labute approximate surface area is 330 Å². The van der Waals surface area contributed by atoms with Crippen molar-refractivity contribution < 1.29 is 4.42 Å². The number of hydrogen-bond donors (Lipinski definition) is 0. The molecule has 3 aromatic heterocycles. The Morgan fingerprint density at radius 1 is 0.474 bits per heavy atom. The van der Waals surface area contributed by atoms with Crippen LogP contribution in [0.15, 0.2) is 192 Å². The second-order valence-electron chi connectivity index (χ2n) is 15.8. The van der Waals surface area contributed by atoms with Crippen LogP contribution in [0.1, 0.15) is 25.0 Å². The van der Waals surface area contributed by atoms with Crippen molar-refractivity contribution in [2.24, 2.45) is 0 Å². The van der Waals surface area contributed by atoms with Gasteiger partial charge in [-0.3, -0.25) is 0 Å². The van der Waals surface area contributed by atoms with Crippen molar-refractivity contribution in [3.63, 3.8) is 0 Å². The number of fused-ring (bicyclic) bond motifs is 11. The normalized spacial score (nSPS) is 13.2. The molecule has 12 rings (SSSR count). The molecule has 3 heterocycles. The maximum absolute atomic E-state index is 6.95. The minimum absolute atomic E-state index is 0.241. The topological polar surface area (TPSA) is 24.0 Å². The average Bonchev–Trinajstić information content (AvgIpc) is 3.96. The first-order valence-corrected chi connectivity index (χ1v) is 19.7. The van der Waals surface area contributed by atoms with Gasteiger partial charge in [-0.05, 0) is 113 Å². The second-order valence-corrected chi connectivity index (χ2v) is 15.8. The average molecular weight is 732 g/mol. The van der Waals surface area contributed by atoms with Crippen LogP contribution in [0.25, 0.3) is 60.4 Å². The van der Waals surface area contributed by atoms with Gasteiger partial charge in [0.1, 0.15) is 11.1 Å². The van der Waals surface area contributed by atoms with E-state index in [2.05, 4.69) is 216 Å². The Balaban J connectivity index is 1.16. The molecule has 8 aromatic carbocycles. The molecule has 4 heteroatoms. The largest absolute Gasteiger partial charge is 0.454 e. The van der Waals surface area contributed by atoms with Crippen LogP contribution in [0.2, 0.25) is 0 Å². The fraction of sp³-hybridized carbons (Fsp3) is 0.0566. The summed E-state index contributed by atoms with van der Waals surface area (Å²) >= 11 is 0. The number of anilines is 6. The van der Waals surface area contributed by atoms with E-state index in [0.717, 1.165) is 61.6 Å². The highest BCUT2D eigenvalue weighted by Crippen LogP contribution is 2.58. The van der Waals surface area contributed by atoms with Gasteiger partial charge in [0.25, 0.3) is 0 Å². The number of rotatable bonds is 6. The SMILES string of the molecule is CC1(C)c2cc3ccc(N(c4ccccc4)c4ccccc4)cc3cc2-c2c1c1ccc(N(c3ccccc3)c3ccccc3)c3c4oc5ccccc5c4n2c13. The van der Waals surface area contributed by atoms with E-state index in [9.17, 15) is 0 Å². The molecule has 0 atom stereocenters. The highest BCUT2D eigenvalue weighted by Gasteiger charge is 2.42. The molecule has 0 N–H and O–H groups in total. The van der Waals surface area contributed by atoms with E-state index in [1.165, 1.54) is 44.1 Å². The molecule has 0 aliphatic heterocycles. The Bertz CT molecular complexity index is 3230. The predicted molar refractivity (Wildman–Crippen MR) is 238 cm³/mol. The summed E-state index contributed by atoms with van der Waals surface area (Å²) in [6.07, 6.45) is 0. The van der Waals surface area contributed by atoms with Gasteiger partial charge in [-0.2, -0.15) is 0 Å². The smallest absolute Gasteiger partial charge is 0.163 e. The van der Waals surface area contributed by atoms with E-state index in [1.54, 1.807) is 0 Å². The van der Waals surface area contributed by atoms with Gasteiger partial charge >= 0.3 is 0 Å². The molecule has 0 unspecified atom stereocenters. The molecule has 0 saturated carbocycles. The summed E-state index contributed by atoms with van der Waals surface area (Å²) in [5.41, 5.74) is 15.8. The standard InChI is InChI=1S/C53H37N3O/c1-53(2)44-33-34-27-28-40(54(36-17-7-3-8-18-36)37-19-9-4-10-20-37)31-35(34)32-43(44)50-48(53)42-29-30-45(55(38-21-11-5-12-22-38)39-23-13-6-14-24-39)47-49(42)56(50)51-41-25-15-16-26-46(41)57-52(47)51/h3-33H,1-2H3. The number of furan rings is 1. The zero-order valence-corrected chi connectivity index (χ0v) is 31.6. The molecule has 0 bridgehead atoms. The van der Waals surface area contributed by atoms with Crippen LogP contribution in [0.4, 0.5) is 34.1 Å². The lowest BCUT2D eigenvalue weighted by molar-refractivity contribution is 0.667. The Kier molecular flexibility index (Phi) is 6.65. The highest BCUT2D eigenvalue weighted by molar-refractivity contribution is 6.26. The molecule has 1 aliphatic rings. The molecule has 0 amide bonds. The summed E-state index contributed by atoms with van der Waals surface area (Å²) in [6, 6.07) is 67.6. The van der Waals surface area contributed by atoms with Crippen LogP contribution in [-0.2, 0) is 5.41 Å². The first kappa shape index (κ1) is 32.0. The lowest BCUT2D eigenvalue weighted by Crippen LogP contribution is -2.15. The summed E-state index contributed by atoms with van der Waals surface area (Å²) in [4.78, 5) is 4.72. The van der Waals surface area contributed by atoms with Crippen molar-refractivity contribution >= 4 is 83.3 Å². The first-order valence-electron chi connectivity index (χ1n) is 19.7. The van der Waals surface area contributed by atoms with E-state index in [4.69, 9.17) is 4.42 Å². The molecule has 270 valence electrons. The molecule has 0 spiro atoms. The van der Waals surface area contributed by atoms with Gasteiger partial charge in [0.05, 0.1) is 22.3 Å². The van der Waals surface area contributed by atoms with Crippen LogP contribution < -0.4 is 9.80 Å². The van der Waals surface area contributed by atoms with Crippen LogP contribution in [0, 0.1) is 0 Å². The second kappa shape index (κ2) is 11.8. The summed E-state index contributed by atoms with van der Waals surface area (Å²) in [5.74, 6) is 0. The van der Waals surface area contributed by atoms with E-state index in [1.807, 2.05) is 0 Å². The van der Waals surface area contributed by atoms with E-state index in [0.29, 0.717) is 0 Å². The van der Waals surface area contributed by atoms with Crippen LogP contribution in [0.5, 0.6) is 0 Å². The minimum Gasteiger partial charge on any atom is -0.454 e. The molecule has 0 saturated heterocycles. The van der Waals surface area contributed by atoms with Crippen molar-refractivity contribution in [3.8, 4) is 11.3 Å². The monoisotopic (exact) mass is 731 g/mol. The molecule has 1 aliphatic carbocycles. The Morgan fingerprint density at radius 3 is 1.68 bits per heavy atom. The van der Waals surface area contributed by atoms with E-state index >= 15 is 0 Å². The Hall–Kier alpha value is -7.30. The molecular weight excluding hydrogens is 695 g/mol. The van der Waals surface area contributed by atoms with Gasteiger partial charge in [0, 0.05) is 50.2 Å². The van der Waals surface area contributed by atoms with Crippen molar-refractivity contribution in [3.05, 3.63) is 199 Å². The van der Waals surface area contributed by atoms with Gasteiger partial charge in [-0.25, -0.2) is 0 Å². The highest BCUT2D eigenvalue weighted by atomic mass is 16.3. The summed E-state index contributed by atoms with van der Waals surface area (Å²) in [5, 5.41) is 5.96. The van der Waals surface area contributed by atoms with Crippen LogP contribution in [-0.4, -0.2) is 4.40 Å². The van der Waals surface area contributed by atoms with Crippen LogP contribution >= 0.6 is 0 Å². The lowest BCUT2D eigenvalue weighted by Gasteiger charge is -2.27. The van der Waals surface area contributed by atoms with Crippen molar-refractivity contribution in [1.29, 1.82) is 0 Å². The van der Waals surface area contributed by atoms with Crippen molar-refractivity contribution in [2.75, 3.05) is 9.80 Å². The van der Waals surface area contributed by atoms with Crippen molar-refractivity contribution in [1.82, 2.24) is 4.40 Å². The number of hydrogen-bond acceptors (Lipinski definition) is 3. The molecular formula is C53H37N3O. The predicted octanol–water partition coefficient (Wildman–Crippen LogP) is 14.8. The van der Waals surface area contributed by atoms with Gasteiger partial charge < -0.3 is 18.6 Å². The van der Waals surface area contributed by atoms with E-state index in [-0.39, 0.29) is 5.41 Å². The number of aromatic nitrogens is 1. The van der Waals surface area contributed by atoms with Crippen molar-refractivity contribution in [2.45, 2.75) is 19.3 Å². The third kappa shape index (κ3) is 4.50. The molecule has 11 aromatic rings. The maximum atomic E-state index is 6.95. The van der Waals surface area contributed by atoms with E-state index < -0.39 is 0 Å². The lowest BCUT2D eigenvalue weighted by atomic mass is 9.81. The molecule has 4 nitrogen and oxygen atoms in total. The van der Waals surface area contributed by atoms with Gasteiger partial charge in [0.15, 0.2) is 5.58 Å². The third-order valence-electron chi connectivity index (χ3n) is 12.2. The number of benzene rings is 8. The maximum Gasteiger partial charge on any atom is 0.163 e. The third-order valence-corrected chi connectivity index (χ3v) is 12.2. The zero-order valence-electron chi connectivity index (χ0n) is 31.6.